The van der Waals surface area contributed by atoms with E-state index in [-0.39, 0.29) is 18.6 Å². The van der Waals surface area contributed by atoms with Crippen molar-refractivity contribution < 1.29 is 14.6 Å². The van der Waals surface area contributed by atoms with E-state index < -0.39 is 0 Å². The molecule has 0 spiro atoms. The van der Waals surface area contributed by atoms with Crippen LogP contribution in [0, 0.1) is 0 Å². The summed E-state index contributed by atoms with van der Waals surface area (Å²) in [6.07, 6.45) is 0.780. The molecule has 0 radical (unpaired) electrons. The number of aliphatic hydroxyl groups excluding tert-OH is 1. The van der Waals surface area contributed by atoms with E-state index in [0.717, 1.165) is 12.0 Å². The van der Waals surface area contributed by atoms with Crippen molar-refractivity contribution in [2.24, 2.45) is 0 Å². The van der Waals surface area contributed by atoms with Gasteiger partial charge in [0.25, 0.3) is 5.91 Å². The van der Waals surface area contributed by atoms with Crippen molar-refractivity contribution in [1.82, 2.24) is 4.90 Å². The molecule has 4 nitrogen and oxygen atoms in total. The van der Waals surface area contributed by atoms with Crippen molar-refractivity contribution in [3.8, 4) is 5.75 Å². The Labute approximate surface area is 140 Å². The second kappa shape index (κ2) is 6.60. The van der Waals surface area contributed by atoms with E-state index in [1.165, 1.54) is 12.7 Å². The van der Waals surface area contributed by atoms with Gasteiger partial charge >= 0.3 is 0 Å². The SMILES string of the molecule is COc1ccc(C(=O)N2CCc3ccccc3C2CO)cc1Cl. The van der Waals surface area contributed by atoms with E-state index in [9.17, 15) is 9.90 Å². The number of fused-ring (bicyclic) bond motifs is 1. The van der Waals surface area contributed by atoms with E-state index in [0.29, 0.717) is 22.9 Å². The molecule has 23 heavy (non-hydrogen) atoms. The Kier molecular flexibility index (Phi) is 4.55. The lowest BCUT2D eigenvalue weighted by Crippen LogP contribution is -2.41. The average Bonchev–Trinajstić information content (AvgIpc) is 2.60. The van der Waals surface area contributed by atoms with Crippen molar-refractivity contribution in [1.29, 1.82) is 0 Å². The third-order valence-electron chi connectivity index (χ3n) is 4.24. The number of ether oxygens (including phenoxy) is 1. The molecule has 1 unspecified atom stereocenters. The Hall–Kier alpha value is -2.04. The van der Waals surface area contributed by atoms with Gasteiger partial charge in [0.05, 0.1) is 24.8 Å². The lowest BCUT2D eigenvalue weighted by Gasteiger charge is -2.36. The molecule has 1 heterocycles. The van der Waals surface area contributed by atoms with Gasteiger partial charge in [0.15, 0.2) is 0 Å². The van der Waals surface area contributed by atoms with Gasteiger partial charge in [0, 0.05) is 12.1 Å². The standard InChI is InChI=1S/C18H18ClNO3/c1-23-17-7-6-13(10-15(17)19)18(22)20-9-8-12-4-2-3-5-14(12)16(20)11-21/h2-7,10,16,21H,8-9,11H2,1H3. The summed E-state index contributed by atoms with van der Waals surface area (Å²) in [4.78, 5) is 14.6. The number of carbonyl (C=O) groups excluding carboxylic acids is 1. The van der Waals surface area contributed by atoms with Crippen LogP contribution in [0.25, 0.3) is 0 Å². The highest BCUT2D eigenvalue weighted by Gasteiger charge is 2.30. The van der Waals surface area contributed by atoms with E-state index in [1.54, 1.807) is 23.1 Å². The third kappa shape index (κ3) is 2.92. The smallest absolute Gasteiger partial charge is 0.254 e. The van der Waals surface area contributed by atoms with Crippen molar-refractivity contribution in [2.45, 2.75) is 12.5 Å². The van der Waals surface area contributed by atoms with Crippen LogP contribution in [0.4, 0.5) is 0 Å². The van der Waals surface area contributed by atoms with Gasteiger partial charge in [-0.25, -0.2) is 0 Å². The number of benzene rings is 2. The number of amides is 1. The van der Waals surface area contributed by atoms with E-state index in [2.05, 4.69) is 0 Å². The summed E-state index contributed by atoms with van der Waals surface area (Å²) in [5, 5.41) is 10.2. The molecule has 1 aliphatic rings. The molecule has 120 valence electrons. The number of rotatable bonds is 3. The molecule has 1 amide bonds. The number of aliphatic hydroxyl groups is 1. The van der Waals surface area contributed by atoms with Gasteiger partial charge in [0.2, 0.25) is 0 Å². The fraction of sp³-hybridized carbons (Fsp3) is 0.278. The highest BCUT2D eigenvalue weighted by Crippen LogP contribution is 2.32. The van der Waals surface area contributed by atoms with Crippen molar-refractivity contribution in [3.05, 3.63) is 64.2 Å². The first-order valence-corrected chi connectivity index (χ1v) is 7.86. The largest absolute Gasteiger partial charge is 0.495 e. The minimum Gasteiger partial charge on any atom is -0.495 e. The van der Waals surface area contributed by atoms with E-state index >= 15 is 0 Å². The number of carbonyl (C=O) groups is 1. The number of hydrogen-bond acceptors (Lipinski definition) is 3. The summed E-state index contributed by atoms with van der Waals surface area (Å²) in [5.41, 5.74) is 2.69. The van der Waals surface area contributed by atoms with Crippen LogP contribution in [0.3, 0.4) is 0 Å². The van der Waals surface area contributed by atoms with Crippen LogP contribution in [0.2, 0.25) is 5.02 Å². The first kappa shape index (κ1) is 15.8. The van der Waals surface area contributed by atoms with Gasteiger partial charge in [-0.05, 0) is 35.7 Å². The van der Waals surface area contributed by atoms with E-state index in [4.69, 9.17) is 16.3 Å². The topological polar surface area (TPSA) is 49.8 Å². The summed E-state index contributed by atoms with van der Waals surface area (Å²) >= 11 is 6.12. The zero-order valence-corrected chi connectivity index (χ0v) is 13.6. The molecule has 0 saturated heterocycles. The summed E-state index contributed by atoms with van der Waals surface area (Å²) in [6, 6.07) is 12.6. The van der Waals surface area contributed by atoms with Crippen LogP contribution in [0.1, 0.15) is 27.5 Å². The van der Waals surface area contributed by atoms with Crippen molar-refractivity contribution in [2.75, 3.05) is 20.3 Å². The van der Waals surface area contributed by atoms with Gasteiger partial charge in [-0.1, -0.05) is 35.9 Å². The Morgan fingerprint density at radius 2 is 2.13 bits per heavy atom. The summed E-state index contributed by atoms with van der Waals surface area (Å²) in [5.74, 6) is 0.397. The van der Waals surface area contributed by atoms with Crippen LogP contribution < -0.4 is 4.74 Å². The molecule has 0 aromatic heterocycles. The predicted molar refractivity (Wildman–Crippen MR) is 89.0 cm³/mol. The summed E-state index contributed by atoms with van der Waals surface area (Å²) < 4.78 is 5.12. The van der Waals surface area contributed by atoms with Gasteiger partial charge in [-0.3, -0.25) is 4.79 Å². The van der Waals surface area contributed by atoms with Gasteiger partial charge < -0.3 is 14.7 Å². The highest BCUT2D eigenvalue weighted by atomic mass is 35.5. The molecular formula is C18H18ClNO3. The third-order valence-corrected chi connectivity index (χ3v) is 4.54. The van der Waals surface area contributed by atoms with Crippen LogP contribution in [0.15, 0.2) is 42.5 Å². The molecule has 0 fully saturated rings. The molecule has 5 heteroatoms. The molecule has 0 bridgehead atoms. The second-order valence-corrected chi connectivity index (χ2v) is 5.90. The van der Waals surface area contributed by atoms with Gasteiger partial charge in [0.1, 0.15) is 5.75 Å². The number of halogens is 1. The van der Waals surface area contributed by atoms with E-state index in [1.807, 2.05) is 24.3 Å². The lowest BCUT2D eigenvalue weighted by atomic mass is 9.92. The predicted octanol–water partition coefficient (Wildman–Crippen LogP) is 3.08. The Morgan fingerprint density at radius 3 is 2.83 bits per heavy atom. The maximum Gasteiger partial charge on any atom is 0.254 e. The number of methoxy groups -OCH3 is 1. The normalized spacial score (nSPS) is 16.8. The Bertz CT molecular complexity index is 732. The lowest BCUT2D eigenvalue weighted by molar-refractivity contribution is 0.0568. The molecule has 0 aliphatic carbocycles. The fourth-order valence-electron chi connectivity index (χ4n) is 3.06. The molecule has 0 saturated carbocycles. The molecule has 1 N–H and O–H groups in total. The second-order valence-electron chi connectivity index (χ2n) is 5.50. The monoisotopic (exact) mass is 331 g/mol. The summed E-state index contributed by atoms with van der Waals surface area (Å²) in [6.45, 7) is 0.470. The van der Waals surface area contributed by atoms with Crippen LogP contribution in [-0.4, -0.2) is 36.2 Å². The minimum atomic E-state index is -0.326. The molecule has 1 aliphatic heterocycles. The van der Waals surface area contributed by atoms with Crippen LogP contribution in [-0.2, 0) is 6.42 Å². The maximum absolute atomic E-state index is 12.8. The number of hydrogen-bond donors (Lipinski definition) is 1. The van der Waals surface area contributed by atoms with Crippen molar-refractivity contribution >= 4 is 17.5 Å². The average molecular weight is 332 g/mol. The maximum atomic E-state index is 12.8. The molecule has 1 atom stereocenters. The zero-order chi connectivity index (χ0) is 16.4. The summed E-state index contributed by atoms with van der Waals surface area (Å²) in [7, 11) is 1.53. The van der Waals surface area contributed by atoms with Gasteiger partial charge in [-0.2, -0.15) is 0 Å². The number of nitrogens with zero attached hydrogens (tertiary/aromatic N) is 1. The fourth-order valence-corrected chi connectivity index (χ4v) is 3.31. The Balaban J connectivity index is 1.92. The first-order valence-electron chi connectivity index (χ1n) is 7.49. The quantitative estimate of drug-likeness (QED) is 0.940. The van der Waals surface area contributed by atoms with Crippen LogP contribution in [0.5, 0.6) is 5.75 Å². The minimum absolute atomic E-state index is 0.105. The van der Waals surface area contributed by atoms with Crippen LogP contribution >= 0.6 is 11.6 Å². The van der Waals surface area contributed by atoms with Crippen molar-refractivity contribution in [3.63, 3.8) is 0 Å². The Morgan fingerprint density at radius 1 is 1.35 bits per heavy atom. The molecule has 2 aromatic rings. The molecular weight excluding hydrogens is 314 g/mol. The molecule has 2 aromatic carbocycles. The van der Waals surface area contributed by atoms with Gasteiger partial charge in [-0.15, -0.1) is 0 Å². The molecule has 3 rings (SSSR count). The zero-order valence-electron chi connectivity index (χ0n) is 12.8. The highest BCUT2D eigenvalue weighted by molar-refractivity contribution is 6.32. The first-order chi connectivity index (χ1) is 11.2.